The zero-order chi connectivity index (χ0) is 39.3. The fourth-order valence-electron chi connectivity index (χ4n) is 10.0. The molecule has 0 fully saturated rings. The van der Waals surface area contributed by atoms with Crippen molar-refractivity contribution in [3.63, 3.8) is 0 Å². The lowest BCUT2D eigenvalue weighted by Gasteiger charge is -2.20. The molecule has 0 aliphatic heterocycles. The predicted molar refractivity (Wildman–Crippen MR) is 253 cm³/mol. The van der Waals surface area contributed by atoms with Gasteiger partial charge in [-0.25, -0.2) is 0 Å². The fourth-order valence-corrected chi connectivity index (χ4v) is 10.0. The van der Waals surface area contributed by atoms with Crippen LogP contribution in [0.5, 0.6) is 0 Å². The van der Waals surface area contributed by atoms with Gasteiger partial charge in [0.2, 0.25) is 0 Å². The third-order valence-electron chi connectivity index (χ3n) is 12.6. The molecule has 2 heterocycles. The van der Waals surface area contributed by atoms with Crippen molar-refractivity contribution >= 4 is 87.0 Å². The topological polar surface area (TPSA) is 26.3 Å². The monoisotopic (exact) mass is 762 g/mol. The van der Waals surface area contributed by atoms with Crippen molar-refractivity contribution in [1.82, 2.24) is 0 Å². The summed E-state index contributed by atoms with van der Waals surface area (Å²) in [5.74, 6) is 0. The number of hydrogen-bond donors (Lipinski definition) is 0. The Kier molecular flexibility index (Phi) is 7.05. The van der Waals surface area contributed by atoms with E-state index in [1.165, 1.54) is 54.9 Å². The summed E-state index contributed by atoms with van der Waals surface area (Å²) in [6.45, 7) is 0. The number of hydrogen-bond acceptors (Lipinski definition) is 2. The summed E-state index contributed by atoms with van der Waals surface area (Å²) in [6, 6.07) is 74.6. The van der Waals surface area contributed by atoms with Crippen LogP contribution in [0.15, 0.2) is 215 Å². The van der Waals surface area contributed by atoms with Crippen molar-refractivity contribution in [1.29, 1.82) is 0 Å². The molecule has 0 aliphatic carbocycles. The van der Waals surface area contributed by atoms with E-state index in [1.54, 1.807) is 0 Å². The standard InChI is InChI=1S/C58H34O2/c1-2-16-35(17-3-1)38-20-8-9-23-43(38)54-44-28-14-26-41(50-32-36-18-4-6-21-39(36)57-55(50)46-24-10-12-30-52(46)59-57)48(44)34-49-42(27-15-29-45(49)54)51-33-37-19-5-7-22-40(37)58-56(51)47-25-11-13-31-53(47)60-58/h1-34H. The van der Waals surface area contributed by atoms with Crippen molar-refractivity contribution in [2.75, 3.05) is 0 Å². The first-order valence-electron chi connectivity index (χ1n) is 20.6. The second kappa shape index (κ2) is 12.8. The maximum Gasteiger partial charge on any atom is 0.143 e. The van der Waals surface area contributed by atoms with E-state index < -0.39 is 0 Å². The Morgan fingerprint density at radius 1 is 0.250 bits per heavy atom. The van der Waals surface area contributed by atoms with Crippen LogP contribution < -0.4 is 0 Å². The molecular formula is C58H34O2. The molecule has 278 valence electrons. The third-order valence-corrected chi connectivity index (χ3v) is 12.6. The summed E-state index contributed by atoms with van der Waals surface area (Å²) in [4.78, 5) is 0. The highest BCUT2D eigenvalue weighted by Crippen LogP contribution is 2.50. The average Bonchev–Trinajstić information content (AvgIpc) is 3.91. The van der Waals surface area contributed by atoms with Gasteiger partial charge in [0.15, 0.2) is 0 Å². The first-order chi connectivity index (χ1) is 29.8. The Morgan fingerprint density at radius 2 is 0.667 bits per heavy atom. The van der Waals surface area contributed by atoms with Crippen LogP contribution in [0.25, 0.3) is 131 Å². The van der Waals surface area contributed by atoms with E-state index in [1.807, 2.05) is 0 Å². The quantitative estimate of drug-likeness (QED) is 0.167. The van der Waals surface area contributed by atoms with Crippen molar-refractivity contribution in [2.24, 2.45) is 0 Å². The SMILES string of the molecule is c1ccc(-c2ccccc2-c2c3cccc(-c4cc5ccccc5c5oc6ccccc6c45)c3cc3c(-c4cc5ccccc5c5oc6ccccc6c45)cccc23)cc1. The number of furan rings is 2. The minimum absolute atomic E-state index is 0.892. The maximum absolute atomic E-state index is 6.74. The summed E-state index contributed by atoms with van der Waals surface area (Å²) in [5.41, 5.74) is 13.1. The molecule has 2 aromatic heterocycles. The Bertz CT molecular complexity index is 3670. The first kappa shape index (κ1) is 33.1. The molecule has 13 rings (SSSR count). The zero-order valence-electron chi connectivity index (χ0n) is 32.4. The molecule has 0 N–H and O–H groups in total. The Labute approximate surface area is 345 Å². The summed E-state index contributed by atoms with van der Waals surface area (Å²) in [6.07, 6.45) is 0. The van der Waals surface area contributed by atoms with Gasteiger partial charge >= 0.3 is 0 Å². The van der Waals surface area contributed by atoms with E-state index >= 15 is 0 Å². The smallest absolute Gasteiger partial charge is 0.143 e. The number of fused-ring (bicyclic) bond motifs is 12. The van der Waals surface area contributed by atoms with Crippen LogP contribution in [-0.4, -0.2) is 0 Å². The minimum atomic E-state index is 0.892. The largest absolute Gasteiger partial charge is 0.455 e. The molecule has 0 spiro atoms. The van der Waals surface area contributed by atoms with Gasteiger partial charge in [0, 0.05) is 32.3 Å². The van der Waals surface area contributed by atoms with E-state index in [0.717, 1.165) is 76.5 Å². The van der Waals surface area contributed by atoms with E-state index in [4.69, 9.17) is 8.83 Å². The van der Waals surface area contributed by atoms with E-state index in [9.17, 15) is 0 Å². The molecule has 11 aromatic carbocycles. The molecule has 0 aliphatic rings. The third kappa shape index (κ3) is 4.76. The van der Waals surface area contributed by atoms with E-state index in [0.29, 0.717) is 0 Å². The molecule has 0 bridgehead atoms. The number of benzene rings is 11. The lowest BCUT2D eigenvalue weighted by molar-refractivity contribution is 0.672. The van der Waals surface area contributed by atoms with Crippen LogP contribution in [0.2, 0.25) is 0 Å². The van der Waals surface area contributed by atoms with Crippen molar-refractivity contribution < 1.29 is 8.83 Å². The molecule has 60 heavy (non-hydrogen) atoms. The van der Waals surface area contributed by atoms with Crippen molar-refractivity contribution in [3.8, 4) is 44.5 Å². The highest BCUT2D eigenvalue weighted by molar-refractivity contribution is 6.28. The van der Waals surface area contributed by atoms with Gasteiger partial charge in [-0.1, -0.05) is 176 Å². The van der Waals surface area contributed by atoms with Crippen LogP contribution in [0, 0.1) is 0 Å². The highest BCUT2D eigenvalue weighted by atomic mass is 16.3. The molecule has 0 saturated carbocycles. The maximum atomic E-state index is 6.74. The second-order valence-electron chi connectivity index (χ2n) is 15.9. The molecule has 0 amide bonds. The van der Waals surface area contributed by atoms with Crippen LogP contribution in [0.1, 0.15) is 0 Å². The highest BCUT2D eigenvalue weighted by Gasteiger charge is 2.23. The second-order valence-corrected chi connectivity index (χ2v) is 15.9. The summed E-state index contributed by atoms with van der Waals surface area (Å²) < 4.78 is 13.5. The van der Waals surface area contributed by atoms with Gasteiger partial charge in [-0.15, -0.1) is 0 Å². The van der Waals surface area contributed by atoms with Gasteiger partial charge in [0.25, 0.3) is 0 Å². The Morgan fingerprint density at radius 3 is 1.22 bits per heavy atom. The van der Waals surface area contributed by atoms with Gasteiger partial charge in [-0.05, 0) is 107 Å². The van der Waals surface area contributed by atoms with Gasteiger partial charge in [-0.2, -0.15) is 0 Å². The van der Waals surface area contributed by atoms with Gasteiger partial charge < -0.3 is 8.83 Å². The predicted octanol–water partition coefficient (Wildman–Crippen LogP) is 16.8. The first-order valence-corrected chi connectivity index (χ1v) is 20.6. The van der Waals surface area contributed by atoms with Gasteiger partial charge in [0.05, 0.1) is 0 Å². The van der Waals surface area contributed by atoms with Crippen LogP contribution in [-0.2, 0) is 0 Å². The van der Waals surface area contributed by atoms with Crippen LogP contribution in [0.4, 0.5) is 0 Å². The molecule has 0 saturated heterocycles. The van der Waals surface area contributed by atoms with Gasteiger partial charge in [-0.3, -0.25) is 0 Å². The molecular weight excluding hydrogens is 729 g/mol. The van der Waals surface area contributed by atoms with Crippen LogP contribution >= 0.6 is 0 Å². The minimum Gasteiger partial charge on any atom is -0.455 e. The molecule has 13 aromatic rings. The summed E-state index contributed by atoms with van der Waals surface area (Å²) >= 11 is 0. The Balaban J connectivity index is 1.22. The molecule has 0 unspecified atom stereocenters. The molecule has 2 heteroatoms. The number of para-hydroxylation sites is 2. The lowest BCUT2D eigenvalue weighted by atomic mass is 9.83. The van der Waals surface area contributed by atoms with E-state index in [-0.39, 0.29) is 0 Å². The zero-order valence-corrected chi connectivity index (χ0v) is 32.4. The average molecular weight is 763 g/mol. The normalized spacial score (nSPS) is 12.0. The van der Waals surface area contributed by atoms with Gasteiger partial charge in [0.1, 0.15) is 22.3 Å². The molecule has 0 radical (unpaired) electrons. The van der Waals surface area contributed by atoms with Crippen molar-refractivity contribution in [3.05, 3.63) is 206 Å². The van der Waals surface area contributed by atoms with Crippen LogP contribution in [0.3, 0.4) is 0 Å². The number of rotatable bonds is 4. The molecule has 2 nitrogen and oxygen atoms in total. The van der Waals surface area contributed by atoms with E-state index in [2.05, 4.69) is 206 Å². The Hall–Kier alpha value is -7.94. The summed E-state index contributed by atoms with van der Waals surface area (Å²) in [5, 5.41) is 13.8. The molecule has 0 atom stereocenters. The van der Waals surface area contributed by atoms with Crippen molar-refractivity contribution in [2.45, 2.75) is 0 Å². The fraction of sp³-hybridized carbons (Fsp3) is 0. The summed E-state index contributed by atoms with van der Waals surface area (Å²) in [7, 11) is 0. The lowest BCUT2D eigenvalue weighted by Crippen LogP contribution is -1.93.